The molecule has 0 spiro atoms. The van der Waals surface area contributed by atoms with Crippen molar-refractivity contribution in [2.45, 2.75) is 13.0 Å². The maximum atomic E-state index is 8.87. The fourth-order valence-corrected chi connectivity index (χ4v) is 2.36. The predicted molar refractivity (Wildman–Crippen MR) is 84.8 cm³/mol. The fraction of sp³-hybridized carbons (Fsp3) is 0.235. The minimum absolute atomic E-state index is 0.142. The fourth-order valence-electron chi connectivity index (χ4n) is 2.36. The van der Waals surface area contributed by atoms with Crippen molar-refractivity contribution in [1.82, 2.24) is 0 Å². The largest absolute Gasteiger partial charge is 0.496 e. The van der Waals surface area contributed by atoms with E-state index in [2.05, 4.69) is 6.07 Å². The highest BCUT2D eigenvalue weighted by molar-refractivity contribution is 5.69. The van der Waals surface area contributed by atoms with Crippen LogP contribution in [0.4, 0.5) is 11.4 Å². The topological polar surface area (TPSA) is 62.3 Å². The molecule has 21 heavy (non-hydrogen) atoms. The van der Waals surface area contributed by atoms with Crippen molar-refractivity contribution < 1.29 is 4.74 Å². The van der Waals surface area contributed by atoms with Gasteiger partial charge < -0.3 is 15.4 Å². The van der Waals surface area contributed by atoms with Gasteiger partial charge in [0.1, 0.15) is 5.75 Å². The summed E-state index contributed by atoms with van der Waals surface area (Å²) in [5.74, 6) is 0.781. The molecule has 0 radical (unpaired) electrons. The van der Waals surface area contributed by atoms with Gasteiger partial charge in [0.05, 0.1) is 18.7 Å². The van der Waals surface area contributed by atoms with Crippen LogP contribution >= 0.6 is 0 Å². The Labute approximate surface area is 125 Å². The number of methoxy groups -OCH3 is 1. The zero-order valence-corrected chi connectivity index (χ0v) is 12.5. The Morgan fingerprint density at radius 3 is 2.38 bits per heavy atom. The zero-order chi connectivity index (χ0) is 15.4. The lowest BCUT2D eigenvalue weighted by atomic mass is 10.0. The SMILES string of the molecule is COc1cccc(N(C)c2ccc(C#N)cc2)c1C(C)N. The first kappa shape index (κ1) is 14.9. The minimum Gasteiger partial charge on any atom is -0.496 e. The van der Waals surface area contributed by atoms with Gasteiger partial charge in [-0.3, -0.25) is 0 Å². The molecule has 108 valence electrons. The Morgan fingerprint density at radius 2 is 1.86 bits per heavy atom. The first-order valence-electron chi connectivity index (χ1n) is 6.75. The number of hydrogen-bond acceptors (Lipinski definition) is 4. The molecule has 0 heterocycles. The predicted octanol–water partition coefficient (Wildman–Crippen LogP) is 3.35. The lowest BCUT2D eigenvalue weighted by Gasteiger charge is -2.25. The molecule has 0 aliphatic rings. The van der Waals surface area contributed by atoms with E-state index in [1.807, 2.05) is 49.2 Å². The van der Waals surface area contributed by atoms with Crippen LogP contribution in [0.2, 0.25) is 0 Å². The first-order valence-corrected chi connectivity index (χ1v) is 6.75. The lowest BCUT2D eigenvalue weighted by Crippen LogP contribution is -2.16. The molecule has 0 saturated carbocycles. The summed E-state index contributed by atoms with van der Waals surface area (Å²) >= 11 is 0. The molecule has 2 N–H and O–H groups in total. The Kier molecular flexibility index (Phi) is 4.46. The second kappa shape index (κ2) is 6.29. The van der Waals surface area contributed by atoms with Crippen LogP contribution in [0.25, 0.3) is 0 Å². The Balaban J connectivity index is 2.47. The van der Waals surface area contributed by atoms with E-state index in [0.717, 1.165) is 22.7 Å². The standard InChI is InChI=1S/C17H19N3O/c1-12(19)17-15(5-4-6-16(17)21-3)20(2)14-9-7-13(11-18)8-10-14/h4-10,12H,19H2,1-3H3. The van der Waals surface area contributed by atoms with Gasteiger partial charge in [-0.25, -0.2) is 0 Å². The summed E-state index contributed by atoms with van der Waals surface area (Å²) in [7, 11) is 3.62. The van der Waals surface area contributed by atoms with Crippen LogP contribution in [0, 0.1) is 11.3 Å². The summed E-state index contributed by atoms with van der Waals surface area (Å²) in [6.45, 7) is 1.94. The highest BCUT2D eigenvalue weighted by Gasteiger charge is 2.16. The van der Waals surface area contributed by atoms with Crippen LogP contribution in [0.15, 0.2) is 42.5 Å². The number of ether oxygens (including phenoxy) is 1. The van der Waals surface area contributed by atoms with Gasteiger partial charge >= 0.3 is 0 Å². The number of nitrogens with two attached hydrogens (primary N) is 1. The number of rotatable bonds is 4. The third kappa shape index (κ3) is 2.99. The molecule has 4 nitrogen and oxygen atoms in total. The zero-order valence-electron chi connectivity index (χ0n) is 12.5. The van der Waals surface area contributed by atoms with Crippen LogP contribution < -0.4 is 15.4 Å². The summed E-state index contributed by atoms with van der Waals surface area (Å²) in [5, 5.41) is 8.87. The first-order chi connectivity index (χ1) is 10.1. The molecule has 0 aliphatic heterocycles. The van der Waals surface area contributed by atoms with Gasteiger partial charge in [0.2, 0.25) is 0 Å². The maximum Gasteiger partial charge on any atom is 0.125 e. The van der Waals surface area contributed by atoms with Gasteiger partial charge in [-0.05, 0) is 43.3 Å². The van der Waals surface area contributed by atoms with Crippen LogP contribution in [0.1, 0.15) is 24.1 Å². The minimum atomic E-state index is -0.142. The molecule has 2 aromatic rings. The third-order valence-electron chi connectivity index (χ3n) is 3.46. The Hall–Kier alpha value is -2.51. The second-order valence-electron chi connectivity index (χ2n) is 4.90. The van der Waals surface area contributed by atoms with E-state index in [1.54, 1.807) is 19.2 Å². The average molecular weight is 281 g/mol. The van der Waals surface area contributed by atoms with Crippen molar-refractivity contribution in [1.29, 1.82) is 5.26 Å². The number of anilines is 2. The molecule has 1 atom stereocenters. The van der Waals surface area contributed by atoms with E-state index in [4.69, 9.17) is 15.7 Å². The highest BCUT2D eigenvalue weighted by Crippen LogP contribution is 2.36. The molecule has 0 aromatic heterocycles. The van der Waals surface area contributed by atoms with Crippen molar-refractivity contribution in [3.63, 3.8) is 0 Å². The Bertz CT molecular complexity index is 657. The average Bonchev–Trinajstić information content (AvgIpc) is 2.53. The quantitative estimate of drug-likeness (QED) is 0.933. The summed E-state index contributed by atoms with van der Waals surface area (Å²) < 4.78 is 5.42. The molecular formula is C17H19N3O. The van der Waals surface area contributed by atoms with E-state index in [0.29, 0.717) is 5.56 Å². The van der Waals surface area contributed by atoms with Gasteiger partial charge in [0.15, 0.2) is 0 Å². The normalized spacial score (nSPS) is 11.6. The molecular weight excluding hydrogens is 262 g/mol. The maximum absolute atomic E-state index is 8.87. The van der Waals surface area contributed by atoms with Gasteiger partial charge in [-0.15, -0.1) is 0 Å². The van der Waals surface area contributed by atoms with Gasteiger partial charge in [0.25, 0.3) is 0 Å². The number of benzene rings is 2. The van der Waals surface area contributed by atoms with Gasteiger partial charge in [-0.1, -0.05) is 6.07 Å². The van der Waals surface area contributed by atoms with Crippen LogP contribution in [-0.2, 0) is 0 Å². The van der Waals surface area contributed by atoms with E-state index < -0.39 is 0 Å². The molecule has 1 unspecified atom stereocenters. The summed E-state index contributed by atoms with van der Waals surface area (Å²) in [4.78, 5) is 2.04. The smallest absolute Gasteiger partial charge is 0.125 e. The van der Waals surface area contributed by atoms with E-state index in [-0.39, 0.29) is 6.04 Å². The molecule has 0 fully saturated rings. The molecule has 2 rings (SSSR count). The molecule has 4 heteroatoms. The van der Waals surface area contributed by atoms with Gasteiger partial charge in [0, 0.05) is 30.0 Å². The van der Waals surface area contributed by atoms with Crippen LogP contribution in [-0.4, -0.2) is 14.2 Å². The van der Waals surface area contributed by atoms with E-state index in [9.17, 15) is 0 Å². The van der Waals surface area contributed by atoms with E-state index in [1.165, 1.54) is 0 Å². The number of hydrogen-bond donors (Lipinski definition) is 1. The molecule has 0 bridgehead atoms. The van der Waals surface area contributed by atoms with Crippen molar-refractivity contribution in [2.75, 3.05) is 19.1 Å². The van der Waals surface area contributed by atoms with Crippen molar-refractivity contribution in [3.8, 4) is 11.8 Å². The highest BCUT2D eigenvalue weighted by atomic mass is 16.5. The third-order valence-corrected chi connectivity index (χ3v) is 3.46. The Morgan fingerprint density at radius 1 is 1.19 bits per heavy atom. The number of nitrogens with zero attached hydrogens (tertiary/aromatic N) is 2. The summed E-state index contributed by atoms with van der Waals surface area (Å²) in [5.41, 5.74) is 9.70. The monoisotopic (exact) mass is 281 g/mol. The lowest BCUT2D eigenvalue weighted by molar-refractivity contribution is 0.407. The van der Waals surface area contributed by atoms with Crippen molar-refractivity contribution >= 4 is 11.4 Å². The molecule has 2 aromatic carbocycles. The molecule has 0 aliphatic carbocycles. The summed E-state index contributed by atoms with van der Waals surface area (Å²) in [6, 6.07) is 15.3. The second-order valence-corrected chi connectivity index (χ2v) is 4.90. The van der Waals surface area contributed by atoms with E-state index >= 15 is 0 Å². The van der Waals surface area contributed by atoms with Crippen LogP contribution in [0.3, 0.4) is 0 Å². The molecule has 0 saturated heterocycles. The van der Waals surface area contributed by atoms with Crippen LogP contribution in [0.5, 0.6) is 5.75 Å². The number of nitriles is 1. The van der Waals surface area contributed by atoms with Gasteiger partial charge in [-0.2, -0.15) is 5.26 Å². The van der Waals surface area contributed by atoms with Crippen molar-refractivity contribution in [3.05, 3.63) is 53.6 Å². The van der Waals surface area contributed by atoms with Crippen molar-refractivity contribution in [2.24, 2.45) is 5.73 Å². The molecule has 0 amide bonds. The summed E-state index contributed by atoms with van der Waals surface area (Å²) in [6.07, 6.45) is 0.